The summed E-state index contributed by atoms with van der Waals surface area (Å²) in [5.41, 5.74) is 1.71. The summed E-state index contributed by atoms with van der Waals surface area (Å²) in [6.45, 7) is 3.11. The maximum absolute atomic E-state index is 11.5. The van der Waals surface area contributed by atoms with E-state index in [1.807, 2.05) is 12.1 Å². The van der Waals surface area contributed by atoms with Crippen LogP contribution in [0.5, 0.6) is 0 Å². The van der Waals surface area contributed by atoms with Crippen molar-refractivity contribution in [2.45, 2.75) is 19.9 Å². The highest BCUT2D eigenvalue weighted by molar-refractivity contribution is 9.10. The zero-order chi connectivity index (χ0) is 12.4. The Morgan fingerprint density at radius 2 is 2.24 bits per heavy atom. The summed E-state index contributed by atoms with van der Waals surface area (Å²) in [6, 6.07) is 5.62. The molecule has 0 saturated heterocycles. The second-order valence-corrected chi connectivity index (χ2v) is 4.75. The first-order valence-corrected chi connectivity index (χ1v) is 6.33. The van der Waals surface area contributed by atoms with Gasteiger partial charge in [-0.25, -0.2) is 4.79 Å². The normalized spacial score (nSPS) is 10.8. The van der Waals surface area contributed by atoms with E-state index in [1.165, 1.54) is 7.11 Å². The second kappa shape index (κ2) is 4.92. The first-order valence-electron chi connectivity index (χ1n) is 5.54. The summed E-state index contributed by atoms with van der Waals surface area (Å²) in [7, 11) is 1.39. The van der Waals surface area contributed by atoms with Crippen LogP contribution in [0.1, 0.15) is 23.7 Å². The Morgan fingerprint density at radius 1 is 1.47 bits per heavy atom. The van der Waals surface area contributed by atoms with E-state index in [0.717, 1.165) is 28.3 Å². The van der Waals surface area contributed by atoms with Gasteiger partial charge in [0.05, 0.1) is 12.7 Å². The summed E-state index contributed by atoms with van der Waals surface area (Å²) < 4.78 is 7.91. The van der Waals surface area contributed by atoms with E-state index >= 15 is 0 Å². The van der Waals surface area contributed by atoms with Crippen molar-refractivity contribution >= 4 is 32.8 Å². The molecule has 2 aromatic rings. The molecule has 0 saturated carbocycles. The highest BCUT2D eigenvalue weighted by Crippen LogP contribution is 2.27. The largest absolute Gasteiger partial charge is 0.465 e. The van der Waals surface area contributed by atoms with Gasteiger partial charge in [-0.1, -0.05) is 6.92 Å². The van der Waals surface area contributed by atoms with Crippen molar-refractivity contribution in [1.82, 2.24) is 4.57 Å². The van der Waals surface area contributed by atoms with E-state index in [-0.39, 0.29) is 5.97 Å². The molecule has 0 aliphatic carbocycles. The zero-order valence-corrected chi connectivity index (χ0v) is 11.5. The molecule has 0 aliphatic heterocycles. The number of fused-ring (bicyclic) bond motifs is 1. The lowest BCUT2D eigenvalue weighted by atomic mass is 10.1. The minimum Gasteiger partial charge on any atom is -0.465 e. The third-order valence-corrected chi connectivity index (χ3v) is 3.35. The van der Waals surface area contributed by atoms with Crippen molar-refractivity contribution in [3.05, 3.63) is 34.4 Å². The summed E-state index contributed by atoms with van der Waals surface area (Å²) in [6.07, 6.45) is 3.13. The van der Waals surface area contributed by atoms with Crippen LogP contribution in [0.2, 0.25) is 0 Å². The SMILES string of the molecule is CCCn1cc(Br)c2cc(C(=O)OC)ccc21. The number of methoxy groups -OCH3 is 1. The Hall–Kier alpha value is -1.29. The highest BCUT2D eigenvalue weighted by Gasteiger charge is 2.10. The number of hydrogen-bond acceptors (Lipinski definition) is 2. The van der Waals surface area contributed by atoms with Crippen LogP contribution in [-0.4, -0.2) is 17.6 Å². The molecule has 1 heterocycles. The standard InChI is InChI=1S/C13H14BrNO2/c1-3-6-15-8-11(14)10-7-9(13(16)17-2)4-5-12(10)15/h4-5,7-8H,3,6H2,1-2H3. The summed E-state index contributed by atoms with van der Waals surface area (Å²) in [5.74, 6) is -0.304. The molecule has 17 heavy (non-hydrogen) atoms. The van der Waals surface area contributed by atoms with Gasteiger partial charge in [-0.2, -0.15) is 0 Å². The molecule has 0 atom stereocenters. The van der Waals surface area contributed by atoms with Crippen molar-refractivity contribution in [3.8, 4) is 0 Å². The monoisotopic (exact) mass is 295 g/mol. The summed E-state index contributed by atoms with van der Waals surface area (Å²) >= 11 is 3.52. The van der Waals surface area contributed by atoms with Gasteiger partial charge in [-0.15, -0.1) is 0 Å². The molecule has 0 fully saturated rings. The quantitative estimate of drug-likeness (QED) is 0.810. The lowest BCUT2D eigenvalue weighted by Gasteiger charge is -2.03. The van der Waals surface area contributed by atoms with Crippen molar-refractivity contribution in [1.29, 1.82) is 0 Å². The Bertz CT molecular complexity index is 560. The maximum atomic E-state index is 11.5. The van der Waals surface area contributed by atoms with E-state index in [9.17, 15) is 4.79 Å². The number of carbonyl (C=O) groups excluding carboxylic acids is 1. The van der Waals surface area contributed by atoms with Gasteiger partial charge in [0.2, 0.25) is 0 Å². The Labute approximate surface area is 108 Å². The van der Waals surface area contributed by atoms with Gasteiger partial charge >= 0.3 is 5.97 Å². The molecular weight excluding hydrogens is 282 g/mol. The average molecular weight is 296 g/mol. The van der Waals surface area contributed by atoms with Gasteiger partial charge in [0, 0.05) is 28.1 Å². The zero-order valence-electron chi connectivity index (χ0n) is 9.87. The van der Waals surface area contributed by atoms with Crippen LogP contribution in [0.15, 0.2) is 28.9 Å². The number of hydrogen-bond donors (Lipinski definition) is 0. The van der Waals surface area contributed by atoms with E-state index in [4.69, 9.17) is 4.74 Å². The second-order valence-electron chi connectivity index (χ2n) is 3.89. The topological polar surface area (TPSA) is 31.2 Å². The Kier molecular flexibility index (Phi) is 3.52. The Balaban J connectivity index is 2.55. The summed E-state index contributed by atoms with van der Waals surface area (Å²) in [4.78, 5) is 11.5. The molecule has 0 spiro atoms. The molecule has 0 bridgehead atoms. The number of rotatable bonds is 3. The van der Waals surface area contributed by atoms with E-state index < -0.39 is 0 Å². The number of esters is 1. The van der Waals surface area contributed by atoms with Crippen LogP contribution in [0.3, 0.4) is 0 Å². The van der Waals surface area contributed by atoms with Crippen molar-refractivity contribution in [2.75, 3.05) is 7.11 Å². The van der Waals surface area contributed by atoms with Crippen molar-refractivity contribution in [3.63, 3.8) is 0 Å². The van der Waals surface area contributed by atoms with Gasteiger partial charge in [-0.3, -0.25) is 0 Å². The van der Waals surface area contributed by atoms with Crippen molar-refractivity contribution in [2.24, 2.45) is 0 Å². The van der Waals surface area contributed by atoms with Gasteiger partial charge in [0.1, 0.15) is 0 Å². The highest BCUT2D eigenvalue weighted by atomic mass is 79.9. The van der Waals surface area contributed by atoms with Gasteiger partial charge in [0.25, 0.3) is 0 Å². The fourth-order valence-electron chi connectivity index (χ4n) is 1.92. The molecule has 0 aliphatic rings. The van der Waals surface area contributed by atoms with Crippen LogP contribution in [0.4, 0.5) is 0 Å². The van der Waals surface area contributed by atoms with Gasteiger partial charge in [-0.05, 0) is 40.5 Å². The van der Waals surface area contributed by atoms with E-state index in [1.54, 1.807) is 6.07 Å². The van der Waals surface area contributed by atoms with Gasteiger partial charge in [0.15, 0.2) is 0 Å². The number of aryl methyl sites for hydroxylation is 1. The van der Waals surface area contributed by atoms with Crippen LogP contribution < -0.4 is 0 Å². The van der Waals surface area contributed by atoms with Gasteiger partial charge < -0.3 is 9.30 Å². The number of nitrogens with zero attached hydrogens (tertiary/aromatic N) is 1. The smallest absolute Gasteiger partial charge is 0.337 e. The van der Waals surface area contributed by atoms with E-state index in [2.05, 4.69) is 33.6 Å². The molecule has 0 unspecified atom stereocenters. The van der Waals surface area contributed by atoms with Crippen LogP contribution in [-0.2, 0) is 11.3 Å². The first kappa shape index (κ1) is 12.2. The Morgan fingerprint density at radius 3 is 2.88 bits per heavy atom. The molecule has 90 valence electrons. The van der Waals surface area contributed by atoms with Crippen molar-refractivity contribution < 1.29 is 9.53 Å². The third kappa shape index (κ3) is 2.22. The predicted molar refractivity (Wildman–Crippen MR) is 71.3 cm³/mol. The molecule has 4 heteroatoms. The fourth-order valence-corrected chi connectivity index (χ4v) is 2.49. The molecule has 0 amide bonds. The van der Waals surface area contributed by atoms with Crippen LogP contribution in [0, 0.1) is 0 Å². The average Bonchev–Trinajstić information content (AvgIpc) is 2.65. The third-order valence-electron chi connectivity index (χ3n) is 2.72. The molecule has 1 aromatic carbocycles. The molecule has 3 nitrogen and oxygen atoms in total. The number of halogens is 1. The molecule has 2 rings (SSSR count). The lowest BCUT2D eigenvalue weighted by molar-refractivity contribution is 0.0601. The fraction of sp³-hybridized carbons (Fsp3) is 0.308. The van der Waals surface area contributed by atoms with Crippen LogP contribution in [0.25, 0.3) is 10.9 Å². The molecule has 0 radical (unpaired) electrons. The molecule has 0 N–H and O–H groups in total. The minimum atomic E-state index is -0.304. The number of carbonyl (C=O) groups is 1. The number of ether oxygens (including phenoxy) is 1. The van der Waals surface area contributed by atoms with Crippen LogP contribution >= 0.6 is 15.9 Å². The predicted octanol–water partition coefficient (Wildman–Crippen LogP) is 3.60. The lowest BCUT2D eigenvalue weighted by Crippen LogP contribution is -2.01. The van der Waals surface area contributed by atoms with E-state index in [0.29, 0.717) is 5.56 Å². The molecular formula is C13H14BrNO2. The molecule has 1 aromatic heterocycles. The minimum absolute atomic E-state index is 0.304. The number of aromatic nitrogens is 1. The maximum Gasteiger partial charge on any atom is 0.337 e. The number of benzene rings is 1. The first-order chi connectivity index (χ1) is 8.17. The summed E-state index contributed by atoms with van der Waals surface area (Å²) in [5, 5.41) is 1.04.